The molecule has 0 saturated carbocycles. The number of nitrogens with two attached hydrogens (primary N) is 1. The highest BCUT2D eigenvalue weighted by Gasteiger charge is 2.11. The first-order chi connectivity index (χ1) is 9.20. The fourth-order valence-corrected chi connectivity index (χ4v) is 1.74. The Morgan fingerprint density at radius 2 is 2.26 bits per heavy atom. The van der Waals surface area contributed by atoms with Gasteiger partial charge in [-0.3, -0.25) is 4.79 Å². The van der Waals surface area contributed by atoms with Crippen LogP contribution in [0.2, 0.25) is 0 Å². The van der Waals surface area contributed by atoms with Gasteiger partial charge in [0.15, 0.2) is 0 Å². The second-order valence-electron chi connectivity index (χ2n) is 4.04. The second-order valence-corrected chi connectivity index (χ2v) is 4.04. The van der Waals surface area contributed by atoms with Gasteiger partial charge in [0, 0.05) is 24.7 Å². The van der Waals surface area contributed by atoms with Crippen molar-refractivity contribution in [2.24, 2.45) is 0 Å². The van der Waals surface area contributed by atoms with E-state index in [1.54, 1.807) is 24.5 Å². The largest absolute Gasteiger partial charge is 0.496 e. The molecule has 1 heterocycles. The van der Waals surface area contributed by atoms with E-state index in [0.29, 0.717) is 30.0 Å². The van der Waals surface area contributed by atoms with Crippen LogP contribution in [0.1, 0.15) is 16.1 Å². The van der Waals surface area contributed by atoms with Crippen LogP contribution in [0.4, 0.5) is 5.69 Å². The normalized spacial score (nSPS) is 10.2. The van der Waals surface area contributed by atoms with Crippen molar-refractivity contribution in [2.45, 2.75) is 6.42 Å². The molecule has 2 aromatic rings. The number of hydrogen-bond acceptors (Lipinski definition) is 4. The molecule has 0 radical (unpaired) electrons. The Bertz CT molecular complexity index is 550. The predicted molar refractivity (Wildman–Crippen MR) is 72.2 cm³/mol. The van der Waals surface area contributed by atoms with E-state index in [2.05, 4.69) is 5.32 Å². The van der Waals surface area contributed by atoms with Gasteiger partial charge in [0.2, 0.25) is 0 Å². The molecule has 0 aliphatic carbocycles. The van der Waals surface area contributed by atoms with Gasteiger partial charge in [0.05, 0.1) is 18.9 Å². The Balaban J connectivity index is 1.96. The molecule has 3 N–H and O–H groups in total. The van der Waals surface area contributed by atoms with Crippen molar-refractivity contribution in [3.05, 3.63) is 47.9 Å². The molecular formula is C14H16N2O3. The lowest BCUT2D eigenvalue weighted by atomic mass is 10.1. The van der Waals surface area contributed by atoms with Crippen LogP contribution < -0.4 is 15.8 Å². The molecule has 5 heteroatoms. The zero-order chi connectivity index (χ0) is 13.7. The zero-order valence-electron chi connectivity index (χ0n) is 10.7. The van der Waals surface area contributed by atoms with E-state index in [9.17, 15) is 4.79 Å². The number of anilines is 1. The van der Waals surface area contributed by atoms with Crippen molar-refractivity contribution in [2.75, 3.05) is 19.4 Å². The number of rotatable bonds is 5. The summed E-state index contributed by atoms with van der Waals surface area (Å²) in [6.07, 6.45) is 2.26. The molecule has 0 saturated heterocycles. The summed E-state index contributed by atoms with van der Waals surface area (Å²) in [5.74, 6) is 1.11. The van der Waals surface area contributed by atoms with E-state index >= 15 is 0 Å². The van der Waals surface area contributed by atoms with Crippen molar-refractivity contribution in [3.63, 3.8) is 0 Å². The van der Waals surface area contributed by atoms with Crippen molar-refractivity contribution >= 4 is 11.6 Å². The zero-order valence-corrected chi connectivity index (χ0v) is 10.7. The van der Waals surface area contributed by atoms with Crippen LogP contribution in [-0.4, -0.2) is 19.6 Å². The molecule has 0 spiro atoms. The first-order valence-electron chi connectivity index (χ1n) is 5.95. The molecule has 0 aliphatic heterocycles. The summed E-state index contributed by atoms with van der Waals surface area (Å²) in [4.78, 5) is 12.0. The van der Waals surface area contributed by atoms with E-state index in [1.807, 2.05) is 12.1 Å². The number of nitrogens with one attached hydrogen (secondary N) is 1. The van der Waals surface area contributed by atoms with Crippen molar-refractivity contribution < 1.29 is 13.9 Å². The highest BCUT2D eigenvalue weighted by Crippen LogP contribution is 2.21. The fraction of sp³-hybridized carbons (Fsp3) is 0.214. The summed E-state index contributed by atoms with van der Waals surface area (Å²) in [5, 5.41) is 2.81. The van der Waals surface area contributed by atoms with Crippen LogP contribution in [0.15, 0.2) is 41.0 Å². The van der Waals surface area contributed by atoms with Crippen LogP contribution in [0, 0.1) is 0 Å². The molecule has 0 fully saturated rings. The summed E-state index contributed by atoms with van der Waals surface area (Å²) in [6, 6.07) is 8.64. The molecule has 0 unspecified atom stereocenters. The van der Waals surface area contributed by atoms with Crippen molar-refractivity contribution in [1.82, 2.24) is 5.32 Å². The Kier molecular flexibility index (Phi) is 4.07. The first kappa shape index (κ1) is 13.0. The summed E-state index contributed by atoms with van der Waals surface area (Å²) in [7, 11) is 1.51. The quantitative estimate of drug-likeness (QED) is 0.804. The molecule has 1 aromatic heterocycles. The van der Waals surface area contributed by atoms with E-state index in [-0.39, 0.29) is 5.91 Å². The molecule has 5 nitrogen and oxygen atoms in total. The molecule has 19 heavy (non-hydrogen) atoms. The summed E-state index contributed by atoms with van der Waals surface area (Å²) in [6.45, 7) is 0.500. The summed E-state index contributed by atoms with van der Waals surface area (Å²) in [5.41, 5.74) is 6.67. The smallest absolute Gasteiger partial charge is 0.255 e. The minimum absolute atomic E-state index is 0.191. The Hall–Kier alpha value is -2.43. The molecule has 0 aliphatic rings. The monoisotopic (exact) mass is 260 g/mol. The fourth-order valence-electron chi connectivity index (χ4n) is 1.74. The van der Waals surface area contributed by atoms with Gasteiger partial charge >= 0.3 is 0 Å². The molecule has 0 atom stereocenters. The number of furan rings is 1. The van der Waals surface area contributed by atoms with Crippen LogP contribution in [0.3, 0.4) is 0 Å². The summed E-state index contributed by atoms with van der Waals surface area (Å²) >= 11 is 0. The van der Waals surface area contributed by atoms with E-state index < -0.39 is 0 Å². The standard InChI is InChI=1S/C14H16N2O3/c1-18-13-9-10(15)4-5-12(13)14(17)16-7-6-11-3-2-8-19-11/h2-5,8-9H,6-7,15H2,1H3,(H,16,17). The number of benzene rings is 1. The number of carbonyl (C=O) groups is 1. The minimum Gasteiger partial charge on any atom is -0.496 e. The first-order valence-corrected chi connectivity index (χ1v) is 5.95. The number of hydrogen-bond donors (Lipinski definition) is 2. The maximum Gasteiger partial charge on any atom is 0.255 e. The predicted octanol–water partition coefficient (Wildman–Crippen LogP) is 1.84. The number of nitrogen functional groups attached to an aromatic ring is 1. The average Bonchev–Trinajstić information content (AvgIpc) is 2.91. The Morgan fingerprint density at radius 3 is 2.95 bits per heavy atom. The lowest BCUT2D eigenvalue weighted by molar-refractivity contribution is 0.0950. The molecular weight excluding hydrogens is 244 g/mol. The maximum absolute atomic E-state index is 12.0. The van der Waals surface area contributed by atoms with Crippen LogP contribution in [0.5, 0.6) is 5.75 Å². The molecule has 1 amide bonds. The number of ether oxygens (including phenoxy) is 1. The van der Waals surface area contributed by atoms with E-state index in [4.69, 9.17) is 14.9 Å². The van der Waals surface area contributed by atoms with Crippen LogP contribution in [-0.2, 0) is 6.42 Å². The van der Waals surface area contributed by atoms with Gasteiger partial charge in [0.1, 0.15) is 11.5 Å². The second kappa shape index (κ2) is 5.95. The van der Waals surface area contributed by atoms with Gasteiger partial charge < -0.3 is 20.2 Å². The van der Waals surface area contributed by atoms with E-state index in [0.717, 1.165) is 5.76 Å². The summed E-state index contributed by atoms with van der Waals surface area (Å²) < 4.78 is 10.3. The lowest BCUT2D eigenvalue weighted by Crippen LogP contribution is -2.26. The van der Waals surface area contributed by atoms with Gasteiger partial charge in [0.25, 0.3) is 5.91 Å². The average molecular weight is 260 g/mol. The third-order valence-corrected chi connectivity index (χ3v) is 2.71. The number of amides is 1. The molecule has 0 bridgehead atoms. The van der Waals surface area contributed by atoms with Gasteiger partial charge in [-0.2, -0.15) is 0 Å². The van der Waals surface area contributed by atoms with Gasteiger partial charge in [-0.05, 0) is 24.3 Å². The highest BCUT2D eigenvalue weighted by molar-refractivity contribution is 5.97. The topological polar surface area (TPSA) is 77.5 Å². The Labute approximate surface area is 111 Å². The number of carbonyl (C=O) groups excluding carboxylic acids is 1. The molecule has 1 aromatic carbocycles. The van der Waals surface area contributed by atoms with Gasteiger partial charge in [-0.25, -0.2) is 0 Å². The van der Waals surface area contributed by atoms with Gasteiger partial charge in [-0.1, -0.05) is 0 Å². The molecule has 2 rings (SSSR count). The van der Waals surface area contributed by atoms with Crippen LogP contribution >= 0.6 is 0 Å². The third-order valence-electron chi connectivity index (χ3n) is 2.71. The minimum atomic E-state index is -0.191. The van der Waals surface area contributed by atoms with E-state index in [1.165, 1.54) is 7.11 Å². The third kappa shape index (κ3) is 3.28. The van der Waals surface area contributed by atoms with Gasteiger partial charge in [-0.15, -0.1) is 0 Å². The SMILES string of the molecule is COc1cc(N)ccc1C(=O)NCCc1ccco1. The maximum atomic E-state index is 12.0. The van der Waals surface area contributed by atoms with Crippen molar-refractivity contribution in [1.29, 1.82) is 0 Å². The van der Waals surface area contributed by atoms with Crippen molar-refractivity contribution in [3.8, 4) is 5.75 Å². The van der Waals surface area contributed by atoms with Crippen LogP contribution in [0.25, 0.3) is 0 Å². The highest BCUT2D eigenvalue weighted by atomic mass is 16.5. The Morgan fingerprint density at radius 1 is 1.42 bits per heavy atom. The lowest BCUT2D eigenvalue weighted by Gasteiger charge is -2.09. The molecule has 100 valence electrons. The number of methoxy groups -OCH3 is 1.